The van der Waals surface area contributed by atoms with Gasteiger partial charge in [-0.1, -0.05) is 0 Å². The zero-order chi connectivity index (χ0) is 35.2. The Bertz CT molecular complexity index is 1260. The fourth-order valence-electron chi connectivity index (χ4n) is 3.13. The van der Waals surface area contributed by atoms with Crippen molar-refractivity contribution in [3.05, 3.63) is 4.77 Å². The summed E-state index contributed by atoms with van der Waals surface area (Å²) in [5.41, 5.74) is 0. The number of halogens is 20. The highest BCUT2D eigenvalue weighted by molar-refractivity contribution is 7.83. The molecular formula is C18H14F20N2S3. The first kappa shape index (κ1) is 39.8. The summed E-state index contributed by atoms with van der Waals surface area (Å²) in [7, 11) is 0. The summed E-state index contributed by atoms with van der Waals surface area (Å²) in [5, 5.41) is -1.52. The van der Waals surface area contributed by atoms with E-state index in [0.29, 0.717) is 4.57 Å². The highest BCUT2D eigenvalue weighted by Gasteiger charge is 2.97. The first-order valence-electron chi connectivity index (χ1n) is 10.4. The molecule has 0 radical (unpaired) electrons. The van der Waals surface area contributed by atoms with Crippen LogP contribution in [0.4, 0.5) is 87.8 Å². The molecule has 1 aromatic rings. The maximum absolute atomic E-state index is 14.4. The maximum atomic E-state index is 14.4. The standard InChI is InChI=1S/C18H14F20N2S3/c1-5(2)40-7(42)6(41)39(8(40)43)4-10(21,22)12(25,26)14(29,30)16(33,34)18(37,38)17(35,36)15(31,32)13(27,28)11(23,24)9(3,19)20/h5,41-42H,4H2,1-3H3. The van der Waals surface area contributed by atoms with Gasteiger partial charge < -0.3 is 9.13 Å². The summed E-state index contributed by atoms with van der Waals surface area (Å²) in [6.07, 6.45) is 0. The van der Waals surface area contributed by atoms with Crippen molar-refractivity contribution in [2.75, 3.05) is 0 Å². The first-order chi connectivity index (χ1) is 18.4. The molecule has 0 aromatic carbocycles. The minimum absolute atomic E-state index is 0.308. The predicted molar refractivity (Wildman–Crippen MR) is 113 cm³/mol. The van der Waals surface area contributed by atoms with Crippen molar-refractivity contribution in [3.63, 3.8) is 0 Å². The lowest BCUT2D eigenvalue weighted by Gasteiger charge is -2.45. The Morgan fingerprint density at radius 3 is 1.07 bits per heavy atom. The van der Waals surface area contributed by atoms with E-state index >= 15 is 0 Å². The molecule has 254 valence electrons. The number of aromatic nitrogens is 2. The van der Waals surface area contributed by atoms with Gasteiger partial charge in [0.1, 0.15) is 10.1 Å². The van der Waals surface area contributed by atoms with E-state index in [9.17, 15) is 87.8 Å². The SMILES string of the molecule is CC(C)n1c(S)c(S)n(CC(F)(F)C(F)(F)C(F)(F)C(F)(F)C(F)(F)C(F)(F)C(F)(F)C(F)(F)C(F)(F)C(C)(F)F)c1=S. The molecule has 0 bridgehead atoms. The number of thiol groups is 2. The minimum atomic E-state index is -9.07. The van der Waals surface area contributed by atoms with Crippen molar-refractivity contribution >= 4 is 37.5 Å². The van der Waals surface area contributed by atoms with Crippen LogP contribution in [0.25, 0.3) is 0 Å². The van der Waals surface area contributed by atoms with Crippen LogP contribution in [0.5, 0.6) is 0 Å². The van der Waals surface area contributed by atoms with Gasteiger partial charge in [-0.2, -0.15) is 87.8 Å². The second-order valence-corrected chi connectivity index (χ2v) is 10.4. The molecule has 1 rings (SSSR count). The third-order valence-corrected chi connectivity index (χ3v) is 7.24. The van der Waals surface area contributed by atoms with Crippen LogP contribution in [0.1, 0.15) is 26.8 Å². The number of rotatable bonds is 12. The van der Waals surface area contributed by atoms with Crippen molar-refractivity contribution in [2.45, 2.75) is 103 Å². The molecule has 0 saturated carbocycles. The summed E-state index contributed by atoms with van der Waals surface area (Å²) in [4.78, 5) is 0. The van der Waals surface area contributed by atoms with E-state index < -0.39 is 93.6 Å². The molecule has 0 saturated heterocycles. The molecule has 0 aliphatic heterocycles. The molecule has 1 heterocycles. The topological polar surface area (TPSA) is 9.86 Å². The zero-order valence-corrected chi connectivity index (χ0v) is 23.1. The van der Waals surface area contributed by atoms with E-state index in [1.54, 1.807) is 0 Å². The highest BCUT2D eigenvalue weighted by Crippen LogP contribution is 2.66. The fraction of sp³-hybridized carbons (Fsp3) is 0.833. The lowest BCUT2D eigenvalue weighted by Crippen LogP contribution is -2.77. The average Bonchev–Trinajstić information content (AvgIpc) is 2.99. The van der Waals surface area contributed by atoms with Crippen molar-refractivity contribution in [1.82, 2.24) is 9.13 Å². The van der Waals surface area contributed by atoms with Gasteiger partial charge in [-0.3, -0.25) is 0 Å². The summed E-state index contributed by atoms with van der Waals surface area (Å²) in [5.74, 6) is -82.2. The van der Waals surface area contributed by atoms with Gasteiger partial charge in [0, 0.05) is 13.0 Å². The van der Waals surface area contributed by atoms with Crippen LogP contribution in [0, 0.1) is 4.77 Å². The summed E-state index contributed by atoms with van der Waals surface area (Å²) in [6, 6.07) is -0.882. The Labute approximate surface area is 242 Å². The van der Waals surface area contributed by atoms with E-state index in [1.807, 2.05) is 0 Å². The van der Waals surface area contributed by atoms with Gasteiger partial charge >= 0.3 is 59.2 Å². The fourth-order valence-corrected chi connectivity index (χ4v) is 4.45. The Kier molecular flexibility index (Phi) is 9.84. The van der Waals surface area contributed by atoms with Crippen LogP contribution >= 0.6 is 37.5 Å². The van der Waals surface area contributed by atoms with Gasteiger partial charge in [0.2, 0.25) is 0 Å². The maximum Gasteiger partial charge on any atom is 0.385 e. The minimum Gasteiger partial charge on any atom is -0.309 e. The zero-order valence-electron chi connectivity index (χ0n) is 20.5. The van der Waals surface area contributed by atoms with Crippen molar-refractivity contribution in [3.8, 4) is 0 Å². The third kappa shape index (κ3) is 5.17. The Balaban J connectivity index is 3.83. The number of alkyl halides is 20. The molecule has 25 heteroatoms. The van der Waals surface area contributed by atoms with E-state index in [4.69, 9.17) is 0 Å². The summed E-state index contributed by atoms with van der Waals surface area (Å²) < 4.78 is 275. The summed E-state index contributed by atoms with van der Waals surface area (Å²) >= 11 is 11.8. The summed E-state index contributed by atoms with van der Waals surface area (Å²) in [6.45, 7) is -1.88. The van der Waals surface area contributed by atoms with Crippen LogP contribution in [0.3, 0.4) is 0 Å². The molecule has 0 aliphatic carbocycles. The largest absolute Gasteiger partial charge is 0.385 e. The molecule has 43 heavy (non-hydrogen) atoms. The van der Waals surface area contributed by atoms with Crippen LogP contribution in [-0.2, 0) is 6.54 Å². The number of nitrogens with zero attached hydrogens (tertiary/aromatic N) is 2. The molecule has 1 aromatic heterocycles. The third-order valence-electron chi connectivity index (χ3n) is 5.77. The molecule has 0 unspecified atom stereocenters. The molecule has 0 spiro atoms. The van der Waals surface area contributed by atoms with Gasteiger partial charge in [-0.15, -0.1) is 25.3 Å². The molecule has 0 amide bonds. The van der Waals surface area contributed by atoms with Crippen molar-refractivity contribution in [1.29, 1.82) is 0 Å². The monoisotopic (exact) mass is 734 g/mol. The van der Waals surface area contributed by atoms with Gasteiger partial charge in [0.25, 0.3) is 0 Å². The van der Waals surface area contributed by atoms with Crippen molar-refractivity contribution < 1.29 is 87.8 Å². The second-order valence-electron chi connectivity index (χ2n) is 9.17. The van der Waals surface area contributed by atoms with Gasteiger partial charge in [-0.05, 0) is 26.1 Å². The smallest absolute Gasteiger partial charge is 0.309 e. The normalized spacial score (nSPS) is 16.0. The number of imidazole rings is 1. The first-order valence-corrected chi connectivity index (χ1v) is 11.7. The molecule has 0 aliphatic rings. The lowest BCUT2D eigenvalue weighted by atomic mass is 9.85. The van der Waals surface area contributed by atoms with E-state index in [2.05, 4.69) is 37.5 Å². The highest BCUT2D eigenvalue weighted by atomic mass is 32.1. The van der Waals surface area contributed by atoms with Crippen LogP contribution in [0.2, 0.25) is 0 Å². The van der Waals surface area contributed by atoms with E-state index in [1.165, 1.54) is 13.8 Å². The number of hydrogen-bond donors (Lipinski definition) is 2. The van der Waals surface area contributed by atoms with Gasteiger partial charge in [0.15, 0.2) is 4.77 Å². The van der Waals surface area contributed by atoms with E-state index in [0.717, 1.165) is 0 Å². The van der Waals surface area contributed by atoms with E-state index in [-0.39, 0.29) is 4.57 Å². The second kappa shape index (κ2) is 10.6. The Morgan fingerprint density at radius 2 is 0.814 bits per heavy atom. The Hall–Kier alpha value is -1.27. The lowest BCUT2D eigenvalue weighted by molar-refractivity contribution is -0.468. The van der Waals surface area contributed by atoms with Gasteiger partial charge in [0.05, 0.1) is 6.54 Å². The predicted octanol–water partition coefficient (Wildman–Crippen LogP) is 9.55. The quantitative estimate of drug-likeness (QED) is 0.124. The van der Waals surface area contributed by atoms with Gasteiger partial charge in [-0.25, -0.2) is 0 Å². The molecule has 0 fully saturated rings. The molecule has 0 N–H and O–H groups in total. The van der Waals surface area contributed by atoms with Crippen LogP contribution < -0.4 is 0 Å². The molecule has 0 atom stereocenters. The average molecular weight is 734 g/mol. The van der Waals surface area contributed by atoms with Crippen LogP contribution in [0.15, 0.2) is 10.1 Å². The van der Waals surface area contributed by atoms with Crippen molar-refractivity contribution in [2.24, 2.45) is 0 Å². The Morgan fingerprint density at radius 1 is 0.535 bits per heavy atom. The molecule has 2 nitrogen and oxygen atoms in total. The molecular weight excluding hydrogens is 720 g/mol. The number of hydrogen-bond acceptors (Lipinski definition) is 3. The van der Waals surface area contributed by atoms with Crippen LogP contribution in [-0.4, -0.2) is 68.4 Å².